The lowest BCUT2D eigenvalue weighted by Gasteiger charge is -2.36. The number of ether oxygens (including phenoxy) is 1. The van der Waals surface area contributed by atoms with E-state index in [0.29, 0.717) is 12.1 Å². The second-order valence-electron chi connectivity index (χ2n) is 11.0. The molecular formula is C26H34F2N6O2. The van der Waals surface area contributed by atoms with Gasteiger partial charge in [-0.3, -0.25) is 4.90 Å². The molecule has 1 saturated carbocycles. The Labute approximate surface area is 210 Å². The fraction of sp³-hybridized carbons (Fsp3) is 0.577. The molecule has 0 bridgehead atoms. The van der Waals surface area contributed by atoms with Crippen LogP contribution in [0.4, 0.5) is 25.3 Å². The molecule has 0 spiro atoms. The number of carbonyl (C=O) groups excluding carboxylic acids is 1. The molecule has 1 aromatic heterocycles. The predicted octanol–water partition coefficient (Wildman–Crippen LogP) is 4.37. The molecule has 3 fully saturated rings. The van der Waals surface area contributed by atoms with Crippen LogP contribution in [0.5, 0.6) is 0 Å². The van der Waals surface area contributed by atoms with Gasteiger partial charge in [0.1, 0.15) is 12.4 Å². The number of nitrogens with one attached hydrogen (secondary N) is 1. The third-order valence-electron chi connectivity index (χ3n) is 7.86. The predicted molar refractivity (Wildman–Crippen MR) is 132 cm³/mol. The highest BCUT2D eigenvalue weighted by molar-refractivity contribution is 5.90. The van der Waals surface area contributed by atoms with E-state index in [9.17, 15) is 9.18 Å². The molecule has 5 rings (SSSR count). The van der Waals surface area contributed by atoms with Crippen molar-refractivity contribution in [3.05, 3.63) is 47.2 Å². The maximum Gasteiger partial charge on any atom is 0.416 e. The number of nitrogens with two attached hydrogens (primary N) is 1. The number of aromatic nitrogens is 2. The van der Waals surface area contributed by atoms with Crippen LogP contribution in [-0.4, -0.2) is 51.7 Å². The zero-order valence-electron chi connectivity index (χ0n) is 21.1. The van der Waals surface area contributed by atoms with Gasteiger partial charge in [0, 0.05) is 30.7 Å². The monoisotopic (exact) mass is 500 g/mol. The van der Waals surface area contributed by atoms with Crippen molar-refractivity contribution in [2.75, 3.05) is 29.9 Å². The number of nitrogens with zero attached hydrogens (tertiary/aromatic N) is 4. The van der Waals surface area contributed by atoms with E-state index in [0.717, 1.165) is 50.5 Å². The standard InChI is InChI=1S/C26H34F2N6O2/c1-16(19-7-4-17(12-20(19)27)14-33-10-8-25(2,29)9-11-33)31-23-30-13-21(28)22(32-23)34-24(35)36-15-26(34,3)18-5-6-18/h4,7,12-13,16,18H,5-6,8-11,14-15,29H2,1-3H3,(H,30,31,32)/t16-,26-/m0/s1. The Kier molecular flexibility index (Phi) is 6.36. The van der Waals surface area contributed by atoms with Gasteiger partial charge in [-0.05, 0) is 64.0 Å². The van der Waals surface area contributed by atoms with Crippen LogP contribution in [0.15, 0.2) is 24.4 Å². The number of halogens is 2. The van der Waals surface area contributed by atoms with Gasteiger partial charge in [-0.15, -0.1) is 0 Å². The summed E-state index contributed by atoms with van der Waals surface area (Å²) in [5, 5.41) is 3.06. The minimum atomic E-state index is -0.706. The van der Waals surface area contributed by atoms with Crippen LogP contribution in [0, 0.1) is 17.6 Å². The Morgan fingerprint density at radius 3 is 2.61 bits per heavy atom. The van der Waals surface area contributed by atoms with Crippen LogP contribution in [0.1, 0.15) is 63.6 Å². The lowest BCUT2D eigenvalue weighted by Crippen LogP contribution is -2.47. The molecule has 1 aliphatic carbocycles. The molecule has 8 nitrogen and oxygen atoms in total. The fourth-order valence-electron chi connectivity index (χ4n) is 5.24. The van der Waals surface area contributed by atoms with Crippen LogP contribution in [-0.2, 0) is 11.3 Å². The summed E-state index contributed by atoms with van der Waals surface area (Å²) < 4.78 is 35.1. The van der Waals surface area contributed by atoms with Crippen LogP contribution in [0.25, 0.3) is 0 Å². The lowest BCUT2D eigenvalue weighted by molar-refractivity contribution is 0.165. The van der Waals surface area contributed by atoms with Crippen LogP contribution < -0.4 is 16.0 Å². The molecule has 36 heavy (non-hydrogen) atoms. The van der Waals surface area contributed by atoms with Crippen LogP contribution in [0.3, 0.4) is 0 Å². The normalized spacial score (nSPS) is 25.1. The minimum absolute atomic E-state index is 0.110. The number of hydrogen-bond acceptors (Lipinski definition) is 7. The summed E-state index contributed by atoms with van der Waals surface area (Å²) in [6.07, 6.45) is 4.16. The molecule has 2 saturated heterocycles. The van der Waals surface area contributed by atoms with Crippen molar-refractivity contribution < 1.29 is 18.3 Å². The third kappa shape index (κ3) is 4.88. The van der Waals surface area contributed by atoms with Crippen molar-refractivity contribution in [2.24, 2.45) is 11.7 Å². The Morgan fingerprint density at radius 2 is 1.94 bits per heavy atom. The van der Waals surface area contributed by atoms with Crippen molar-refractivity contribution >= 4 is 17.9 Å². The number of hydrogen-bond donors (Lipinski definition) is 2. The molecule has 3 aliphatic rings. The number of carbonyl (C=O) groups is 1. The molecular weight excluding hydrogens is 466 g/mol. The number of benzene rings is 1. The average Bonchev–Trinajstić information content (AvgIpc) is 3.63. The van der Waals surface area contributed by atoms with E-state index in [1.165, 1.54) is 4.90 Å². The highest BCUT2D eigenvalue weighted by atomic mass is 19.1. The molecule has 2 aliphatic heterocycles. The SMILES string of the molecule is C[C@H](Nc1ncc(F)c(N2C(=O)OC[C@@]2(C)C2CC2)n1)c1ccc(CN2CCC(C)(N)CC2)cc1F. The number of likely N-dealkylation sites (tertiary alicyclic amines) is 1. The fourth-order valence-corrected chi connectivity index (χ4v) is 5.24. The van der Waals surface area contributed by atoms with E-state index < -0.39 is 23.5 Å². The van der Waals surface area contributed by atoms with Gasteiger partial charge in [-0.2, -0.15) is 4.98 Å². The molecule has 3 heterocycles. The van der Waals surface area contributed by atoms with E-state index in [4.69, 9.17) is 10.5 Å². The first-order valence-corrected chi connectivity index (χ1v) is 12.6. The van der Waals surface area contributed by atoms with E-state index in [1.807, 2.05) is 13.0 Å². The highest BCUT2D eigenvalue weighted by Gasteiger charge is 2.55. The van der Waals surface area contributed by atoms with E-state index in [1.54, 1.807) is 19.1 Å². The second kappa shape index (κ2) is 9.23. The van der Waals surface area contributed by atoms with Gasteiger partial charge >= 0.3 is 6.09 Å². The summed E-state index contributed by atoms with van der Waals surface area (Å²) in [5.41, 5.74) is 6.79. The number of piperidine rings is 1. The topological polar surface area (TPSA) is 96.6 Å². The van der Waals surface area contributed by atoms with Gasteiger partial charge in [-0.25, -0.2) is 23.5 Å². The second-order valence-corrected chi connectivity index (χ2v) is 11.0. The van der Waals surface area contributed by atoms with Gasteiger partial charge in [0.15, 0.2) is 11.6 Å². The lowest BCUT2D eigenvalue weighted by atomic mass is 9.91. The van der Waals surface area contributed by atoms with E-state index in [-0.39, 0.29) is 35.6 Å². The zero-order chi connectivity index (χ0) is 25.7. The summed E-state index contributed by atoms with van der Waals surface area (Å²) in [7, 11) is 0. The molecule has 1 aromatic carbocycles. The smallest absolute Gasteiger partial charge is 0.416 e. The molecule has 194 valence electrons. The molecule has 1 amide bonds. The third-order valence-corrected chi connectivity index (χ3v) is 7.86. The number of anilines is 2. The summed E-state index contributed by atoms with van der Waals surface area (Å²) >= 11 is 0. The summed E-state index contributed by atoms with van der Waals surface area (Å²) in [4.78, 5) is 24.4. The number of rotatable bonds is 7. The Balaban J connectivity index is 1.29. The minimum Gasteiger partial charge on any atom is -0.447 e. The molecule has 0 radical (unpaired) electrons. The summed E-state index contributed by atoms with van der Waals surface area (Å²) in [6, 6.07) is 4.75. The maximum absolute atomic E-state index is 15.1. The van der Waals surface area contributed by atoms with Gasteiger partial charge in [0.2, 0.25) is 5.95 Å². The van der Waals surface area contributed by atoms with Crippen molar-refractivity contribution in [1.29, 1.82) is 0 Å². The first-order valence-electron chi connectivity index (χ1n) is 12.6. The van der Waals surface area contributed by atoms with Gasteiger partial charge in [0.05, 0.1) is 17.8 Å². The first kappa shape index (κ1) is 24.8. The number of amides is 1. The Morgan fingerprint density at radius 1 is 1.22 bits per heavy atom. The molecule has 2 atom stereocenters. The van der Waals surface area contributed by atoms with Gasteiger partial charge in [-0.1, -0.05) is 12.1 Å². The van der Waals surface area contributed by atoms with Crippen molar-refractivity contribution in [1.82, 2.24) is 14.9 Å². The maximum atomic E-state index is 15.1. The van der Waals surface area contributed by atoms with Crippen molar-refractivity contribution in [3.8, 4) is 0 Å². The zero-order valence-corrected chi connectivity index (χ0v) is 21.1. The highest BCUT2D eigenvalue weighted by Crippen LogP contribution is 2.47. The Bertz CT molecular complexity index is 1150. The number of cyclic esters (lactones) is 1. The summed E-state index contributed by atoms with van der Waals surface area (Å²) in [5.74, 6) is -0.811. The quantitative estimate of drug-likeness (QED) is 0.583. The molecule has 2 aromatic rings. The molecule has 10 heteroatoms. The average molecular weight is 501 g/mol. The van der Waals surface area contributed by atoms with Crippen LogP contribution in [0.2, 0.25) is 0 Å². The summed E-state index contributed by atoms with van der Waals surface area (Å²) in [6.45, 7) is 8.40. The van der Waals surface area contributed by atoms with E-state index in [2.05, 4.69) is 27.1 Å². The van der Waals surface area contributed by atoms with Gasteiger partial charge in [0.25, 0.3) is 0 Å². The Hall–Kier alpha value is -2.85. The van der Waals surface area contributed by atoms with Gasteiger partial charge < -0.3 is 15.8 Å². The first-order chi connectivity index (χ1) is 17.1. The van der Waals surface area contributed by atoms with Crippen molar-refractivity contribution in [3.63, 3.8) is 0 Å². The van der Waals surface area contributed by atoms with Crippen LogP contribution >= 0.6 is 0 Å². The molecule has 0 unspecified atom stereocenters. The molecule has 3 N–H and O–H groups in total. The largest absolute Gasteiger partial charge is 0.447 e. The van der Waals surface area contributed by atoms with E-state index >= 15 is 4.39 Å². The van der Waals surface area contributed by atoms with Crippen molar-refractivity contribution in [2.45, 2.75) is 70.1 Å².